The van der Waals surface area contributed by atoms with E-state index in [1.807, 2.05) is 23.7 Å². The van der Waals surface area contributed by atoms with Gasteiger partial charge in [0.25, 0.3) is 0 Å². The van der Waals surface area contributed by atoms with Gasteiger partial charge in [-0.1, -0.05) is 43.3 Å². The lowest BCUT2D eigenvalue weighted by atomic mass is 10.1. The van der Waals surface area contributed by atoms with Gasteiger partial charge in [-0.25, -0.2) is 4.98 Å². The number of thiazole rings is 1. The molecule has 0 saturated heterocycles. The third-order valence-corrected chi connectivity index (χ3v) is 3.98. The largest absolute Gasteiger partial charge is 0.488 e. The molecule has 0 aliphatic carbocycles. The second kappa shape index (κ2) is 6.55. The lowest BCUT2D eigenvalue weighted by Gasteiger charge is -2.12. The second-order valence-corrected chi connectivity index (χ2v) is 5.55. The number of benzene rings is 2. The minimum atomic E-state index is 0.573. The summed E-state index contributed by atoms with van der Waals surface area (Å²) < 4.78 is 6.01. The SMILES string of the molecule is CCc1ccc(OCc2ccccc2)c(-c2cscn2)c1. The predicted octanol–water partition coefficient (Wildman–Crippen LogP) is 4.95. The Kier molecular flexibility index (Phi) is 4.31. The summed E-state index contributed by atoms with van der Waals surface area (Å²) in [5, 5.41) is 2.06. The highest BCUT2D eigenvalue weighted by Gasteiger charge is 2.09. The lowest BCUT2D eigenvalue weighted by Crippen LogP contribution is -1.97. The summed E-state index contributed by atoms with van der Waals surface area (Å²) in [6, 6.07) is 16.6. The first-order chi connectivity index (χ1) is 10.4. The van der Waals surface area contributed by atoms with Gasteiger partial charge in [-0.05, 0) is 29.7 Å². The van der Waals surface area contributed by atoms with Gasteiger partial charge in [-0.15, -0.1) is 11.3 Å². The average Bonchev–Trinajstić information content (AvgIpc) is 3.08. The number of aromatic nitrogens is 1. The van der Waals surface area contributed by atoms with Crippen LogP contribution >= 0.6 is 11.3 Å². The lowest BCUT2D eigenvalue weighted by molar-refractivity contribution is 0.307. The van der Waals surface area contributed by atoms with E-state index in [1.165, 1.54) is 11.1 Å². The number of ether oxygens (including phenoxy) is 1. The predicted molar refractivity (Wildman–Crippen MR) is 87.7 cm³/mol. The Hall–Kier alpha value is -2.13. The van der Waals surface area contributed by atoms with Crippen molar-refractivity contribution >= 4 is 11.3 Å². The molecule has 3 rings (SSSR count). The van der Waals surface area contributed by atoms with Crippen molar-refractivity contribution in [2.75, 3.05) is 0 Å². The molecule has 0 aliphatic heterocycles. The van der Waals surface area contributed by atoms with Gasteiger partial charge in [0.05, 0.1) is 11.2 Å². The molecular formula is C18H17NOS. The van der Waals surface area contributed by atoms with Crippen LogP contribution < -0.4 is 4.74 Å². The number of aryl methyl sites for hydroxylation is 1. The molecule has 0 amide bonds. The molecule has 21 heavy (non-hydrogen) atoms. The molecule has 0 unspecified atom stereocenters. The Morgan fingerprint density at radius 1 is 1.05 bits per heavy atom. The maximum atomic E-state index is 6.01. The smallest absolute Gasteiger partial charge is 0.129 e. The van der Waals surface area contributed by atoms with E-state index < -0.39 is 0 Å². The highest BCUT2D eigenvalue weighted by Crippen LogP contribution is 2.31. The molecule has 1 heterocycles. The van der Waals surface area contributed by atoms with Crippen molar-refractivity contribution in [2.24, 2.45) is 0 Å². The molecule has 0 aliphatic rings. The maximum absolute atomic E-state index is 6.01. The van der Waals surface area contributed by atoms with Gasteiger partial charge in [0, 0.05) is 10.9 Å². The molecule has 3 aromatic rings. The topological polar surface area (TPSA) is 22.1 Å². The van der Waals surface area contributed by atoms with Crippen LogP contribution in [0.3, 0.4) is 0 Å². The van der Waals surface area contributed by atoms with Crippen LogP contribution in [0.5, 0.6) is 5.75 Å². The van der Waals surface area contributed by atoms with Crippen molar-refractivity contribution in [2.45, 2.75) is 20.0 Å². The third-order valence-electron chi connectivity index (χ3n) is 3.40. The van der Waals surface area contributed by atoms with Gasteiger partial charge in [0.2, 0.25) is 0 Å². The maximum Gasteiger partial charge on any atom is 0.129 e. The molecule has 0 fully saturated rings. The fraction of sp³-hybridized carbons (Fsp3) is 0.167. The first-order valence-electron chi connectivity index (χ1n) is 7.05. The van der Waals surface area contributed by atoms with E-state index in [0.717, 1.165) is 23.4 Å². The molecular weight excluding hydrogens is 278 g/mol. The van der Waals surface area contributed by atoms with E-state index in [9.17, 15) is 0 Å². The molecule has 3 heteroatoms. The summed E-state index contributed by atoms with van der Waals surface area (Å²) >= 11 is 1.60. The van der Waals surface area contributed by atoms with Crippen LogP contribution in [0.15, 0.2) is 59.4 Å². The van der Waals surface area contributed by atoms with Crippen LogP contribution in [-0.2, 0) is 13.0 Å². The summed E-state index contributed by atoms with van der Waals surface area (Å²) in [5.41, 5.74) is 6.38. The van der Waals surface area contributed by atoms with E-state index in [1.54, 1.807) is 11.3 Å². The van der Waals surface area contributed by atoms with E-state index in [0.29, 0.717) is 6.61 Å². The Morgan fingerprint density at radius 3 is 2.62 bits per heavy atom. The van der Waals surface area contributed by atoms with E-state index in [-0.39, 0.29) is 0 Å². The summed E-state index contributed by atoms with van der Waals surface area (Å²) in [5.74, 6) is 0.891. The highest BCUT2D eigenvalue weighted by molar-refractivity contribution is 7.07. The zero-order valence-electron chi connectivity index (χ0n) is 12.0. The van der Waals surface area contributed by atoms with Gasteiger partial charge < -0.3 is 4.74 Å². The summed E-state index contributed by atoms with van der Waals surface area (Å²) in [4.78, 5) is 4.42. The number of hydrogen-bond acceptors (Lipinski definition) is 3. The Balaban J connectivity index is 1.87. The quantitative estimate of drug-likeness (QED) is 0.664. The first kappa shape index (κ1) is 13.8. The van der Waals surface area contributed by atoms with Gasteiger partial charge in [0.1, 0.15) is 12.4 Å². The van der Waals surface area contributed by atoms with Crippen LogP contribution in [0.1, 0.15) is 18.1 Å². The third kappa shape index (κ3) is 3.31. The van der Waals surface area contributed by atoms with Crippen molar-refractivity contribution in [3.8, 4) is 17.0 Å². The average molecular weight is 295 g/mol. The number of nitrogens with zero attached hydrogens (tertiary/aromatic N) is 1. The number of rotatable bonds is 5. The monoisotopic (exact) mass is 295 g/mol. The van der Waals surface area contributed by atoms with Crippen molar-refractivity contribution < 1.29 is 4.74 Å². The van der Waals surface area contributed by atoms with E-state index in [4.69, 9.17) is 4.74 Å². The fourth-order valence-electron chi connectivity index (χ4n) is 2.20. The van der Waals surface area contributed by atoms with Gasteiger partial charge in [0.15, 0.2) is 0 Å². The van der Waals surface area contributed by atoms with Crippen LogP contribution in [0.2, 0.25) is 0 Å². The molecule has 0 bridgehead atoms. The molecule has 106 valence electrons. The minimum absolute atomic E-state index is 0.573. The minimum Gasteiger partial charge on any atom is -0.488 e. The fourth-order valence-corrected chi connectivity index (χ4v) is 2.76. The summed E-state index contributed by atoms with van der Waals surface area (Å²) in [7, 11) is 0. The Bertz CT molecular complexity index is 693. The molecule has 2 nitrogen and oxygen atoms in total. The van der Waals surface area contributed by atoms with Crippen LogP contribution in [-0.4, -0.2) is 4.98 Å². The van der Waals surface area contributed by atoms with E-state index >= 15 is 0 Å². The van der Waals surface area contributed by atoms with Crippen LogP contribution in [0.25, 0.3) is 11.3 Å². The Morgan fingerprint density at radius 2 is 1.90 bits per heavy atom. The van der Waals surface area contributed by atoms with Crippen LogP contribution in [0.4, 0.5) is 0 Å². The van der Waals surface area contributed by atoms with E-state index in [2.05, 4.69) is 47.6 Å². The summed E-state index contributed by atoms with van der Waals surface area (Å²) in [6.07, 6.45) is 1.01. The number of hydrogen-bond donors (Lipinski definition) is 0. The molecule has 2 aromatic carbocycles. The molecule has 0 spiro atoms. The van der Waals surface area contributed by atoms with Gasteiger partial charge >= 0.3 is 0 Å². The van der Waals surface area contributed by atoms with Gasteiger partial charge in [-0.3, -0.25) is 0 Å². The van der Waals surface area contributed by atoms with Crippen molar-refractivity contribution in [3.05, 3.63) is 70.5 Å². The first-order valence-corrected chi connectivity index (χ1v) is 7.99. The molecule has 0 N–H and O–H groups in total. The molecule has 0 radical (unpaired) electrons. The molecule has 0 atom stereocenters. The Labute approximate surface area is 129 Å². The zero-order valence-corrected chi connectivity index (χ0v) is 12.8. The molecule has 1 aromatic heterocycles. The normalized spacial score (nSPS) is 10.5. The van der Waals surface area contributed by atoms with Crippen molar-refractivity contribution in [1.29, 1.82) is 0 Å². The van der Waals surface area contributed by atoms with Crippen molar-refractivity contribution in [3.63, 3.8) is 0 Å². The standard InChI is InChI=1S/C18H17NOS/c1-2-14-8-9-18(16(10-14)17-12-21-13-19-17)20-11-15-6-4-3-5-7-15/h3-10,12-13H,2,11H2,1H3. The van der Waals surface area contributed by atoms with Crippen molar-refractivity contribution in [1.82, 2.24) is 4.98 Å². The summed E-state index contributed by atoms with van der Waals surface area (Å²) in [6.45, 7) is 2.73. The zero-order chi connectivity index (χ0) is 14.5. The van der Waals surface area contributed by atoms with Gasteiger partial charge in [-0.2, -0.15) is 0 Å². The highest BCUT2D eigenvalue weighted by atomic mass is 32.1. The molecule has 0 saturated carbocycles. The van der Waals surface area contributed by atoms with Crippen LogP contribution in [0, 0.1) is 0 Å². The second-order valence-electron chi connectivity index (χ2n) is 4.83.